The lowest BCUT2D eigenvalue weighted by Gasteiger charge is -2.36. The van der Waals surface area contributed by atoms with E-state index >= 15 is 0 Å². The number of amides is 2. The number of carbonyl (C=O) groups excluding carboxylic acids is 2. The van der Waals surface area contributed by atoms with Gasteiger partial charge in [-0.15, -0.1) is 0 Å². The molecule has 2 saturated heterocycles. The first-order valence-electron chi connectivity index (χ1n) is 13.2. The number of ether oxygens (including phenoxy) is 2. The predicted molar refractivity (Wildman–Crippen MR) is 141 cm³/mol. The van der Waals surface area contributed by atoms with Gasteiger partial charge in [-0.1, -0.05) is 13.8 Å². The Labute approximate surface area is 221 Å². The van der Waals surface area contributed by atoms with E-state index in [1.807, 2.05) is 46.4 Å². The van der Waals surface area contributed by atoms with Gasteiger partial charge in [-0.2, -0.15) is 0 Å². The number of hydrogen-bond acceptors (Lipinski definition) is 8. The lowest BCUT2D eigenvalue weighted by atomic mass is 9.81. The largest absolute Gasteiger partial charge is 0.498 e. The molecule has 2 aliphatic heterocycles. The van der Waals surface area contributed by atoms with E-state index < -0.39 is 36.1 Å². The van der Waals surface area contributed by atoms with Crippen LogP contribution in [0.25, 0.3) is 0 Å². The zero-order chi connectivity index (χ0) is 27.6. The molecule has 2 atom stereocenters. The SMILES string of the molecule is CC(C)[C@H](NC(=O)OC(C)(C)C)C(=O)N1CCC[C@@H](COc2ncc(B3OC(C)(C)C(C)(C)O3)cn2)C1. The average Bonchev–Trinajstić information content (AvgIpc) is 3.01. The van der Waals surface area contributed by atoms with E-state index in [9.17, 15) is 9.59 Å². The Morgan fingerprint density at radius 2 is 1.76 bits per heavy atom. The normalized spacial score (nSPS) is 22.1. The maximum atomic E-state index is 13.3. The fraction of sp³-hybridized carbons (Fsp3) is 0.769. The molecular formula is C26H43BN4O6. The quantitative estimate of drug-likeness (QED) is 0.549. The number of carbonyl (C=O) groups is 2. The van der Waals surface area contributed by atoms with Crippen LogP contribution >= 0.6 is 0 Å². The number of nitrogens with one attached hydrogen (secondary N) is 1. The van der Waals surface area contributed by atoms with Gasteiger partial charge in [-0.3, -0.25) is 4.79 Å². The highest BCUT2D eigenvalue weighted by atomic mass is 16.7. The Bertz CT molecular complexity index is 931. The molecule has 0 radical (unpaired) electrons. The molecule has 3 heterocycles. The maximum absolute atomic E-state index is 13.3. The van der Waals surface area contributed by atoms with Crippen molar-refractivity contribution in [2.24, 2.45) is 11.8 Å². The van der Waals surface area contributed by atoms with Gasteiger partial charge in [0.1, 0.15) is 11.6 Å². The molecular weight excluding hydrogens is 475 g/mol. The summed E-state index contributed by atoms with van der Waals surface area (Å²) in [5.74, 6) is -0.0421. The van der Waals surface area contributed by atoms with Gasteiger partial charge >= 0.3 is 19.2 Å². The van der Waals surface area contributed by atoms with Crippen LogP contribution in [-0.4, -0.2) is 76.5 Å². The molecule has 0 spiro atoms. The Kier molecular flexibility index (Phi) is 8.79. The van der Waals surface area contributed by atoms with Gasteiger partial charge in [-0.25, -0.2) is 14.8 Å². The van der Waals surface area contributed by atoms with Crippen LogP contribution < -0.4 is 15.5 Å². The number of likely N-dealkylation sites (tertiary alicyclic amines) is 1. The molecule has 10 nitrogen and oxygen atoms in total. The molecule has 2 aliphatic rings. The van der Waals surface area contributed by atoms with Crippen LogP contribution in [0, 0.1) is 11.8 Å². The smallest absolute Gasteiger partial charge is 0.463 e. The molecule has 1 aromatic heterocycles. The monoisotopic (exact) mass is 518 g/mol. The molecule has 206 valence electrons. The maximum Gasteiger partial charge on any atom is 0.498 e. The van der Waals surface area contributed by atoms with E-state index in [0.29, 0.717) is 19.7 Å². The molecule has 0 bridgehead atoms. The van der Waals surface area contributed by atoms with Crippen molar-refractivity contribution in [2.75, 3.05) is 19.7 Å². The van der Waals surface area contributed by atoms with Gasteiger partial charge in [0.05, 0.1) is 17.8 Å². The summed E-state index contributed by atoms with van der Waals surface area (Å²) in [7, 11) is -0.528. The summed E-state index contributed by atoms with van der Waals surface area (Å²) < 4.78 is 23.3. The summed E-state index contributed by atoms with van der Waals surface area (Å²) in [6.45, 7) is 18.8. The summed E-state index contributed by atoms with van der Waals surface area (Å²) >= 11 is 0. The summed E-state index contributed by atoms with van der Waals surface area (Å²) in [6, 6.07) is -0.379. The molecule has 0 aliphatic carbocycles. The number of piperidine rings is 1. The third kappa shape index (κ3) is 7.57. The Balaban J connectivity index is 1.53. The number of alkyl carbamates (subject to hydrolysis) is 1. The molecule has 2 fully saturated rings. The van der Waals surface area contributed by atoms with Gasteiger partial charge < -0.3 is 29.0 Å². The van der Waals surface area contributed by atoms with Gasteiger partial charge in [0.2, 0.25) is 5.91 Å². The second-order valence-corrected chi connectivity index (χ2v) is 12.4. The first-order chi connectivity index (χ1) is 17.1. The molecule has 1 aromatic rings. The third-order valence-corrected chi connectivity index (χ3v) is 7.06. The highest BCUT2D eigenvalue weighted by Crippen LogP contribution is 2.36. The van der Waals surface area contributed by atoms with E-state index in [4.69, 9.17) is 18.8 Å². The van der Waals surface area contributed by atoms with Crippen molar-refractivity contribution >= 4 is 24.6 Å². The lowest BCUT2D eigenvalue weighted by molar-refractivity contribution is -0.136. The van der Waals surface area contributed by atoms with E-state index in [-0.39, 0.29) is 23.8 Å². The van der Waals surface area contributed by atoms with E-state index in [2.05, 4.69) is 15.3 Å². The second-order valence-electron chi connectivity index (χ2n) is 12.4. The number of nitrogens with zero attached hydrogens (tertiary/aromatic N) is 3. The van der Waals surface area contributed by atoms with Crippen molar-refractivity contribution in [3.05, 3.63) is 12.4 Å². The van der Waals surface area contributed by atoms with E-state index in [1.165, 1.54) is 0 Å². The third-order valence-electron chi connectivity index (χ3n) is 7.06. The van der Waals surface area contributed by atoms with Crippen LogP contribution in [0.4, 0.5) is 4.79 Å². The predicted octanol–water partition coefficient (Wildman–Crippen LogP) is 2.94. The van der Waals surface area contributed by atoms with Crippen molar-refractivity contribution in [3.63, 3.8) is 0 Å². The van der Waals surface area contributed by atoms with Crippen LogP contribution in [-0.2, 0) is 18.8 Å². The first-order valence-corrected chi connectivity index (χ1v) is 13.2. The van der Waals surface area contributed by atoms with Crippen LogP contribution in [0.15, 0.2) is 12.4 Å². The summed E-state index contributed by atoms with van der Waals surface area (Å²) in [6.07, 6.45) is 4.53. The molecule has 0 saturated carbocycles. The zero-order valence-electron chi connectivity index (χ0n) is 23.8. The minimum atomic E-state index is -0.652. The summed E-state index contributed by atoms with van der Waals surface area (Å²) in [4.78, 5) is 36.1. The summed E-state index contributed by atoms with van der Waals surface area (Å²) in [5.41, 5.74) is -0.771. The Morgan fingerprint density at radius 1 is 1.16 bits per heavy atom. The van der Waals surface area contributed by atoms with Gasteiger partial charge in [0.25, 0.3) is 0 Å². The molecule has 1 N–H and O–H groups in total. The molecule has 2 amide bonds. The van der Waals surface area contributed by atoms with Crippen molar-refractivity contribution in [3.8, 4) is 6.01 Å². The van der Waals surface area contributed by atoms with E-state index in [1.54, 1.807) is 33.2 Å². The molecule has 37 heavy (non-hydrogen) atoms. The van der Waals surface area contributed by atoms with Gasteiger partial charge in [-0.05, 0) is 67.2 Å². The topological polar surface area (TPSA) is 112 Å². The molecule has 0 aromatic carbocycles. The number of rotatable bonds is 7. The molecule has 0 unspecified atom stereocenters. The fourth-order valence-corrected chi connectivity index (χ4v) is 4.24. The fourth-order valence-electron chi connectivity index (χ4n) is 4.24. The van der Waals surface area contributed by atoms with Crippen molar-refractivity contribution in [1.82, 2.24) is 20.2 Å². The van der Waals surface area contributed by atoms with Crippen LogP contribution in [0.5, 0.6) is 6.01 Å². The van der Waals surface area contributed by atoms with Crippen LogP contribution in [0.2, 0.25) is 0 Å². The van der Waals surface area contributed by atoms with Gasteiger partial charge in [0, 0.05) is 36.9 Å². The molecule has 3 rings (SSSR count). The first kappa shape index (κ1) is 29.2. The summed E-state index contributed by atoms with van der Waals surface area (Å²) in [5, 5.41) is 2.76. The standard InChI is InChI=1S/C26H43BN4O6/c1-17(2)20(30-23(33)35-24(3,4)5)21(32)31-12-10-11-18(15-31)16-34-22-28-13-19(14-29-22)27-36-25(6,7)26(8,9)37-27/h13-14,17-18,20H,10-12,15-16H2,1-9H3,(H,30,33)/t18-,20+/m1/s1. The van der Waals surface area contributed by atoms with Crippen LogP contribution in [0.3, 0.4) is 0 Å². The zero-order valence-corrected chi connectivity index (χ0v) is 23.8. The highest BCUT2D eigenvalue weighted by Gasteiger charge is 2.52. The number of aromatic nitrogens is 2. The van der Waals surface area contributed by atoms with Crippen molar-refractivity contribution in [2.45, 2.75) is 98.0 Å². The number of hydrogen-bond donors (Lipinski definition) is 1. The van der Waals surface area contributed by atoms with Gasteiger partial charge in [0.15, 0.2) is 0 Å². The van der Waals surface area contributed by atoms with Crippen LogP contribution in [0.1, 0.15) is 75.2 Å². The lowest BCUT2D eigenvalue weighted by Crippen LogP contribution is -2.54. The molecule has 11 heteroatoms. The van der Waals surface area contributed by atoms with Crippen molar-refractivity contribution < 1.29 is 28.4 Å². The van der Waals surface area contributed by atoms with E-state index in [0.717, 1.165) is 18.3 Å². The highest BCUT2D eigenvalue weighted by molar-refractivity contribution is 6.61. The minimum Gasteiger partial charge on any atom is -0.463 e. The Hall–Kier alpha value is -2.40. The second kappa shape index (κ2) is 11.1. The van der Waals surface area contributed by atoms with Crippen molar-refractivity contribution in [1.29, 1.82) is 0 Å². The average molecular weight is 518 g/mol. The Morgan fingerprint density at radius 3 is 2.30 bits per heavy atom. The minimum absolute atomic E-state index is 0.0764.